The minimum atomic E-state index is -0.742. The van der Waals surface area contributed by atoms with Crippen LogP contribution >= 0.6 is 0 Å². The summed E-state index contributed by atoms with van der Waals surface area (Å²) in [6, 6.07) is 24.6. The van der Waals surface area contributed by atoms with Gasteiger partial charge in [0.25, 0.3) is 11.6 Å². The average molecular weight is 493 g/mol. The van der Waals surface area contributed by atoms with Gasteiger partial charge in [0, 0.05) is 17.8 Å². The van der Waals surface area contributed by atoms with Gasteiger partial charge in [0.05, 0.1) is 17.6 Å². The summed E-state index contributed by atoms with van der Waals surface area (Å²) in [5.74, 6) is -0.920. The van der Waals surface area contributed by atoms with Gasteiger partial charge in [-0.15, -0.1) is 0 Å². The number of non-ortho nitro benzene ring substituents is 1. The fourth-order valence-corrected chi connectivity index (χ4v) is 3.63. The zero-order valence-corrected chi connectivity index (χ0v) is 19.5. The third-order valence-electron chi connectivity index (χ3n) is 5.39. The molecule has 9 heteroatoms. The SMILES string of the molecule is COc1cc(/C=C(\C#N)C(=O)Nc2cccc([N+](=O)[O-])c2)ccc1OC(=O)c1cccc2ccccc12. The van der Waals surface area contributed by atoms with E-state index in [2.05, 4.69) is 5.32 Å². The van der Waals surface area contributed by atoms with Crippen LogP contribution in [0.25, 0.3) is 16.8 Å². The number of nitro benzene ring substituents is 1. The summed E-state index contributed by atoms with van der Waals surface area (Å²) in [6.45, 7) is 0. The van der Waals surface area contributed by atoms with Crippen molar-refractivity contribution in [3.05, 3.63) is 112 Å². The van der Waals surface area contributed by atoms with E-state index in [4.69, 9.17) is 9.47 Å². The predicted molar refractivity (Wildman–Crippen MR) is 137 cm³/mol. The number of anilines is 1. The highest BCUT2D eigenvalue weighted by Crippen LogP contribution is 2.31. The fourth-order valence-electron chi connectivity index (χ4n) is 3.63. The van der Waals surface area contributed by atoms with Crippen LogP contribution in [0.2, 0.25) is 0 Å². The van der Waals surface area contributed by atoms with Gasteiger partial charge in [-0.05, 0) is 46.7 Å². The second-order valence-corrected chi connectivity index (χ2v) is 7.76. The number of carbonyl (C=O) groups is 2. The molecule has 0 saturated heterocycles. The van der Waals surface area contributed by atoms with Crippen molar-refractivity contribution in [1.29, 1.82) is 5.26 Å². The molecule has 0 spiro atoms. The Balaban J connectivity index is 1.55. The van der Waals surface area contributed by atoms with Crippen molar-refractivity contribution in [2.45, 2.75) is 0 Å². The van der Waals surface area contributed by atoms with E-state index < -0.39 is 16.8 Å². The summed E-state index contributed by atoms with van der Waals surface area (Å²) in [4.78, 5) is 35.9. The molecule has 4 aromatic carbocycles. The number of fused-ring (bicyclic) bond motifs is 1. The van der Waals surface area contributed by atoms with Crippen molar-refractivity contribution in [2.24, 2.45) is 0 Å². The minimum Gasteiger partial charge on any atom is -0.493 e. The summed E-state index contributed by atoms with van der Waals surface area (Å²) >= 11 is 0. The molecule has 1 N–H and O–H groups in total. The molecular weight excluding hydrogens is 474 g/mol. The van der Waals surface area contributed by atoms with Gasteiger partial charge in [0.2, 0.25) is 0 Å². The van der Waals surface area contributed by atoms with E-state index in [1.54, 1.807) is 18.2 Å². The molecule has 0 fully saturated rings. The second kappa shape index (κ2) is 10.8. The van der Waals surface area contributed by atoms with Gasteiger partial charge in [-0.3, -0.25) is 14.9 Å². The van der Waals surface area contributed by atoms with E-state index >= 15 is 0 Å². The number of nitrogens with zero attached hydrogens (tertiary/aromatic N) is 2. The van der Waals surface area contributed by atoms with Crippen molar-refractivity contribution < 1.29 is 24.0 Å². The Hall–Kier alpha value is -5.49. The van der Waals surface area contributed by atoms with Crippen molar-refractivity contribution >= 4 is 40.1 Å². The van der Waals surface area contributed by atoms with E-state index in [-0.39, 0.29) is 28.4 Å². The lowest BCUT2D eigenvalue weighted by atomic mass is 10.0. The molecule has 0 saturated carbocycles. The number of carbonyl (C=O) groups excluding carboxylic acids is 2. The third-order valence-corrected chi connectivity index (χ3v) is 5.39. The Morgan fingerprint density at radius 1 is 0.973 bits per heavy atom. The van der Waals surface area contributed by atoms with E-state index in [1.165, 1.54) is 49.6 Å². The van der Waals surface area contributed by atoms with Gasteiger partial charge < -0.3 is 14.8 Å². The van der Waals surface area contributed by atoms with Crippen molar-refractivity contribution in [1.82, 2.24) is 0 Å². The molecule has 0 aromatic heterocycles. The normalized spacial score (nSPS) is 10.9. The van der Waals surface area contributed by atoms with Crippen LogP contribution < -0.4 is 14.8 Å². The van der Waals surface area contributed by atoms with Gasteiger partial charge in [-0.2, -0.15) is 5.26 Å². The molecule has 0 atom stereocenters. The highest BCUT2D eigenvalue weighted by molar-refractivity contribution is 6.10. The van der Waals surface area contributed by atoms with Crippen molar-refractivity contribution in [3.8, 4) is 17.6 Å². The Kier molecular flexibility index (Phi) is 7.21. The monoisotopic (exact) mass is 493 g/mol. The highest BCUT2D eigenvalue weighted by Gasteiger charge is 2.16. The largest absolute Gasteiger partial charge is 0.493 e. The molecule has 0 aliphatic rings. The first-order valence-corrected chi connectivity index (χ1v) is 10.9. The predicted octanol–water partition coefficient (Wildman–Crippen LogP) is 5.52. The van der Waals surface area contributed by atoms with Gasteiger partial charge in [-0.25, -0.2) is 4.79 Å². The van der Waals surface area contributed by atoms with Crippen LogP contribution in [0.5, 0.6) is 11.5 Å². The molecule has 37 heavy (non-hydrogen) atoms. The fraction of sp³-hybridized carbons (Fsp3) is 0.0357. The second-order valence-electron chi connectivity index (χ2n) is 7.76. The molecule has 4 aromatic rings. The smallest absolute Gasteiger partial charge is 0.344 e. The van der Waals surface area contributed by atoms with Crippen molar-refractivity contribution in [2.75, 3.05) is 12.4 Å². The number of amides is 1. The molecule has 0 bridgehead atoms. The molecule has 0 aliphatic carbocycles. The zero-order chi connectivity index (χ0) is 26.4. The number of ether oxygens (including phenoxy) is 2. The van der Waals surface area contributed by atoms with Crippen LogP contribution in [-0.4, -0.2) is 23.9 Å². The van der Waals surface area contributed by atoms with Gasteiger partial charge >= 0.3 is 5.97 Å². The number of methoxy groups -OCH3 is 1. The van der Waals surface area contributed by atoms with Gasteiger partial charge in [0.15, 0.2) is 11.5 Å². The standard InChI is InChI=1S/C28H19N3O6/c1-36-26-15-18(14-20(17-29)27(32)30-21-8-5-9-22(16-21)31(34)35)12-13-25(26)37-28(33)24-11-4-7-19-6-2-3-10-23(19)24/h2-16H,1H3,(H,30,32)/b20-14+. The van der Waals surface area contributed by atoms with Crippen molar-refractivity contribution in [3.63, 3.8) is 0 Å². The van der Waals surface area contributed by atoms with E-state index in [9.17, 15) is 25.0 Å². The summed E-state index contributed by atoms with van der Waals surface area (Å²) < 4.78 is 11.0. The topological polar surface area (TPSA) is 132 Å². The van der Waals surface area contributed by atoms with Gasteiger partial charge in [0.1, 0.15) is 11.6 Å². The summed E-state index contributed by atoms with van der Waals surface area (Å²) in [6.07, 6.45) is 1.32. The van der Waals surface area contributed by atoms with Crippen LogP contribution in [0.15, 0.2) is 90.5 Å². The number of nitro groups is 1. The molecule has 0 unspecified atom stereocenters. The first-order valence-electron chi connectivity index (χ1n) is 10.9. The molecular formula is C28H19N3O6. The molecule has 1 amide bonds. The number of nitrogens with one attached hydrogen (secondary N) is 1. The number of hydrogen-bond acceptors (Lipinski definition) is 7. The third kappa shape index (κ3) is 5.61. The lowest BCUT2D eigenvalue weighted by molar-refractivity contribution is -0.384. The van der Waals surface area contributed by atoms with Crippen LogP contribution in [0.3, 0.4) is 0 Å². The van der Waals surface area contributed by atoms with E-state index in [0.717, 1.165) is 10.8 Å². The Bertz CT molecular complexity index is 1600. The van der Waals surface area contributed by atoms with Crippen LogP contribution in [0.4, 0.5) is 11.4 Å². The Labute approximate surface area is 211 Å². The number of nitriles is 1. The molecule has 0 radical (unpaired) electrons. The van der Waals surface area contributed by atoms with E-state index in [0.29, 0.717) is 11.1 Å². The maximum atomic E-state index is 12.9. The quantitative estimate of drug-likeness (QED) is 0.0895. The molecule has 9 nitrogen and oxygen atoms in total. The molecule has 0 heterocycles. The maximum Gasteiger partial charge on any atom is 0.344 e. The lowest BCUT2D eigenvalue weighted by Gasteiger charge is -2.11. The summed E-state index contributed by atoms with van der Waals surface area (Å²) in [7, 11) is 1.40. The molecule has 182 valence electrons. The minimum absolute atomic E-state index is 0.164. The van der Waals surface area contributed by atoms with Crippen LogP contribution in [0, 0.1) is 21.4 Å². The first-order chi connectivity index (χ1) is 17.9. The average Bonchev–Trinajstić information content (AvgIpc) is 2.92. The Morgan fingerprint density at radius 2 is 1.73 bits per heavy atom. The number of hydrogen-bond donors (Lipinski definition) is 1. The van der Waals surface area contributed by atoms with Gasteiger partial charge in [-0.1, -0.05) is 48.5 Å². The summed E-state index contributed by atoms with van der Waals surface area (Å²) in [5, 5.41) is 24.6. The highest BCUT2D eigenvalue weighted by atomic mass is 16.6. The number of benzene rings is 4. The van der Waals surface area contributed by atoms with Crippen LogP contribution in [-0.2, 0) is 4.79 Å². The lowest BCUT2D eigenvalue weighted by Crippen LogP contribution is -2.13. The number of rotatable bonds is 7. The first kappa shape index (κ1) is 24.6. The number of esters is 1. The molecule has 0 aliphatic heterocycles. The van der Waals surface area contributed by atoms with Crippen LogP contribution in [0.1, 0.15) is 15.9 Å². The van der Waals surface area contributed by atoms with E-state index in [1.807, 2.05) is 36.4 Å². The Morgan fingerprint density at radius 3 is 2.49 bits per heavy atom. The summed E-state index contributed by atoms with van der Waals surface area (Å²) in [5.41, 5.74) is 0.572. The zero-order valence-electron chi connectivity index (χ0n) is 19.5. The maximum absolute atomic E-state index is 12.9. The molecule has 4 rings (SSSR count).